The van der Waals surface area contributed by atoms with E-state index >= 15 is 0 Å². The molecule has 178 valence electrons. The van der Waals surface area contributed by atoms with E-state index < -0.39 is 0 Å². The molecule has 3 aliphatic heterocycles. The number of pyridine rings is 1. The number of anilines is 1. The summed E-state index contributed by atoms with van der Waals surface area (Å²) in [5.41, 5.74) is 3.76. The third-order valence-electron chi connectivity index (χ3n) is 7.30. The van der Waals surface area contributed by atoms with Gasteiger partial charge in [0.1, 0.15) is 17.4 Å². The number of imidazole rings is 1. The molecule has 3 saturated heterocycles. The molecule has 8 nitrogen and oxygen atoms in total. The first-order chi connectivity index (χ1) is 16.8. The molecule has 8 heteroatoms. The van der Waals surface area contributed by atoms with E-state index in [4.69, 9.17) is 14.5 Å². The second-order valence-corrected chi connectivity index (χ2v) is 9.36. The van der Waals surface area contributed by atoms with E-state index in [1.807, 2.05) is 35.4 Å². The Morgan fingerprint density at radius 1 is 0.941 bits per heavy atom. The number of nitrogens with zero attached hydrogens (tertiary/aromatic N) is 5. The summed E-state index contributed by atoms with van der Waals surface area (Å²) in [5.74, 6) is 1.11. The second kappa shape index (κ2) is 9.35. The van der Waals surface area contributed by atoms with Gasteiger partial charge < -0.3 is 23.8 Å². The highest BCUT2D eigenvalue weighted by Crippen LogP contribution is 2.35. The van der Waals surface area contributed by atoms with Gasteiger partial charge in [0.2, 0.25) is 0 Å². The van der Waals surface area contributed by atoms with Crippen LogP contribution in [-0.2, 0) is 9.47 Å². The lowest BCUT2D eigenvalue weighted by Gasteiger charge is -2.34. The van der Waals surface area contributed by atoms with Crippen molar-refractivity contribution in [2.24, 2.45) is 0 Å². The number of piperidine rings is 1. The fraction of sp³-hybridized carbons (Fsp3) is 0.500. The number of morpholine rings is 1. The Bertz CT molecular complexity index is 1140. The number of carbonyl (C=O) groups excluding carboxylic acids is 1. The van der Waals surface area contributed by atoms with Crippen LogP contribution in [0.4, 0.5) is 5.69 Å². The van der Waals surface area contributed by atoms with Gasteiger partial charge >= 0.3 is 0 Å². The van der Waals surface area contributed by atoms with Gasteiger partial charge in [0.15, 0.2) is 5.65 Å². The standard InChI is InChI=1S/C26H31N5O3/c32-26(19-5-7-20(8-6-19)29-14-17-33-18-15-29)30-12-9-21(10-13-30)31-24-22(3-1-11-27-24)28-25(31)23-4-2-16-34-23/h1,3,5-8,11,21,23H,2,4,9-10,12-18H2/t23-/m0/s1. The first-order valence-electron chi connectivity index (χ1n) is 12.4. The van der Waals surface area contributed by atoms with Crippen LogP contribution in [0.15, 0.2) is 42.6 Å². The lowest BCUT2D eigenvalue weighted by Crippen LogP contribution is -2.39. The van der Waals surface area contributed by atoms with E-state index in [-0.39, 0.29) is 18.1 Å². The van der Waals surface area contributed by atoms with Crippen LogP contribution in [0.25, 0.3) is 11.2 Å². The van der Waals surface area contributed by atoms with Gasteiger partial charge in [-0.25, -0.2) is 9.97 Å². The number of rotatable bonds is 4. The Morgan fingerprint density at radius 2 is 1.74 bits per heavy atom. The molecule has 3 aliphatic rings. The monoisotopic (exact) mass is 461 g/mol. The lowest BCUT2D eigenvalue weighted by molar-refractivity contribution is 0.0682. The maximum absolute atomic E-state index is 13.2. The van der Waals surface area contributed by atoms with Gasteiger partial charge in [-0.1, -0.05) is 0 Å². The van der Waals surface area contributed by atoms with Crippen LogP contribution in [0.5, 0.6) is 0 Å². The van der Waals surface area contributed by atoms with Gasteiger partial charge in [-0.3, -0.25) is 4.79 Å². The second-order valence-electron chi connectivity index (χ2n) is 9.36. The van der Waals surface area contributed by atoms with Crippen LogP contribution in [-0.4, -0.2) is 71.3 Å². The Balaban J connectivity index is 1.16. The predicted octanol–water partition coefficient (Wildman–Crippen LogP) is 3.60. The molecule has 0 bridgehead atoms. The molecular formula is C26H31N5O3. The van der Waals surface area contributed by atoms with Gasteiger partial charge in [-0.2, -0.15) is 0 Å². The first kappa shape index (κ1) is 21.6. The fourth-order valence-corrected chi connectivity index (χ4v) is 5.46. The number of fused-ring (bicyclic) bond motifs is 1. The normalized spacial score (nSPS) is 21.9. The summed E-state index contributed by atoms with van der Waals surface area (Å²) in [6.07, 6.45) is 5.72. The zero-order chi connectivity index (χ0) is 22.9. The van der Waals surface area contributed by atoms with Crippen LogP contribution >= 0.6 is 0 Å². The van der Waals surface area contributed by atoms with Gasteiger partial charge in [0, 0.05) is 56.3 Å². The molecule has 6 rings (SSSR count). The molecule has 2 aromatic heterocycles. The van der Waals surface area contributed by atoms with E-state index in [1.54, 1.807) is 0 Å². The van der Waals surface area contributed by atoms with Gasteiger partial charge in [0.25, 0.3) is 5.91 Å². The number of carbonyl (C=O) groups is 1. The minimum atomic E-state index is 0.0406. The molecule has 0 spiro atoms. The first-order valence-corrected chi connectivity index (χ1v) is 12.4. The quantitative estimate of drug-likeness (QED) is 0.591. The zero-order valence-electron chi connectivity index (χ0n) is 19.4. The smallest absolute Gasteiger partial charge is 0.253 e. The number of ether oxygens (including phenoxy) is 2. The molecule has 1 amide bonds. The number of hydrogen-bond acceptors (Lipinski definition) is 6. The number of benzene rings is 1. The summed E-state index contributed by atoms with van der Waals surface area (Å²) in [6.45, 7) is 5.55. The Hall–Kier alpha value is -2.97. The highest BCUT2D eigenvalue weighted by Gasteiger charge is 2.31. The SMILES string of the molecule is O=C(c1ccc(N2CCOCC2)cc1)N1CCC(n2c([C@@H]3CCCO3)nc3cccnc32)CC1. The minimum absolute atomic E-state index is 0.0406. The zero-order valence-corrected chi connectivity index (χ0v) is 19.4. The number of aromatic nitrogens is 3. The van der Waals surface area contributed by atoms with Crippen molar-refractivity contribution in [1.82, 2.24) is 19.4 Å². The maximum atomic E-state index is 13.2. The van der Waals surface area contributed by atoms with Crippen molar-refractivity contribution in [2.45, 2.75) is 37.8 Å². The lowest BCUT2D eigenvalue weighted by atomic mass is 10.0. The molecule has 5 heterocycles. The minimum Gasteiger partial charge on any atom is -0.378 e. The van der Waals surface area contributed by atoms with Gasteiger partial charge in [-0.15, -0.1) is 0 Å². The fourth-order valence-electron chi connectivity index (χ4n) is 5.46. The molecule has 1 aromatic carbocycles. The molecule has 0 N–H and O–H groups in total. The largest absolute Gasteiger partial charge is 0.378 e. The number of likely N-dealkylation sites (tertiary alicyclic amines) is 1. The molecular weight excluding hydrogens is 430 g/mol. The molecule has 0 aliphatic carbocycles. The van der Waals surface area contributed by atoms with Crippen LogP contribution in [0, 0.1) is 0 Å². The Kier molecular flexibility index (Phi) is 5.93. The van der Waals surface area contributed by atoms with Crippen molar-refractivity contribution in [3.8, 4) is 0 Å². The van der Waals surface area contributed by atoms with Crippen LogP contribution in [0.3, 0.4) is 0 Å². The van der Waals surface area contributed by atoms with Crippen molar-refractivity contribution >= 4 is 22.8 Å². The van der Waals surface area contributed by atoms with Crippen LogP contribution < -0.4 is 4.90 Å². The highest BCUT2D eigenvalue weighted by atomic mass is 16.5. The van der Waals surface area contributed by atoms with E-state index in [0.29, 0.717) is 0 Å². The van der Waals surface area contributed by atoms with Crippen molar-refractivity contribution < 1.29 is 14.3 Å². The third kappa shape index (κ3) is 4.05. The van der Waals surface area contributed by atoms with Crippen LogP contribution in [0.1, 0.15) is 54.0 Å². The summed E-state index contributed by atoms with van der Waals surface area (Å²) < 4.78 is 13.7. The van der Waals surface area contributed by atoms with E-state index in [2.05, 4.69) is 26.6 Å². The molecule has 0 unspecified atom stereocenters. The molecule has 0 radical (unpaired) electrons. The molecule has 1 atom stereocenters. The van der Waals surface area contributed by atoms with Crippen LogP contribution in [0.2, 0.25) is 0 Å². The van der Waals surface area contributed by atoms with Crippen molar-refractivity contribution in [3.63, 3.8) is 0 Å². The number of hydrogen-bond donors (Lipinski definition) is 0. The Morgan fingerprint density at radius 3 is 2.47 bits per heavy atom. The van der Waals surface area contributed by atoms with Crippen molar-refractivity contribution in [3.05, 3.63) is 54.0 Å². The average Bonchev–Trinajstić information content (AvgIpc) is 3.57. The van der Waals surface area contributed by atoms with Gasteiger partial charge in [0.05, 0.1) is 13.2 Å². The van der Waals surface area contributed by atoms with E-state index in [0.717, 1.165) is 99.9 Å². The molecule has 0 saturated carbocycles. The highest BCUT2D eigenvalue weighted by molar-refractivity contribution is 5.94. The summed E-state index contributed by atoms with van der Waals surface area (Å²) in [7, 11) is 0. The summed E-state index contributed by atoms with van der Waals surface area (Å²) in [6, 6.07) is 12.3. The topological polar surface area (TPSA) is 72.7 Å². The Labute approximate surface area is 199 Å². The van der Waals surface area contributed by atoms with Gasteiger partial charge in [-0.05, 0) is 62.1 Å². The molecule has 34 heavy (non-hydrogen) atoms. The van der Waals surface area contributed by atoms with Crippen molar-refractivity contribution in [1.29, 1.82) is 0 Å². The molecule has 3 fully saturated rings. The maximum Gasteiger partial charge on any atom is 0.253 e. The van der Waals surface area contributed by atoms with E-state index in [1.165, 1.54) is 0 Å². The van der Waals surface area contributed by atoms with E-state index in [9.17, 15) is 4.79 Å². The summed E-state index contributed by atoms with van der Waals surface area (Å²) in [4.78, 5) is 27.0. The predicted molar refractivity (Wildman–Crippen MR) is 129 cm³/mol. The summed E-state index contributed by atoms with van der Waals surface area (Å²) in [5, 5.41) is 0. The molecule has 3 aromatic rings. The third-order valence-corrected chi connectivity index (χ3v) is 7.30. The summed E-state index contributed by atoms with van der Waals surface area (Å²) >= 11 is 0. The van der Waals surface area contributed by atoms with Crippen molar-refractivity contribution in [2.75, 3.05) is 50.9 Å². The number of amides is 1. The average molecular weight is 462 g/mol.